The number of piperidine rings is 1. The van der Waals surface area contributed by atoms with Crippen LogP contribution in [0.2, 0.25) is 0 Å². The largest absolute Gasteiger partial charge is 0.382 e. The van der Waals surface area contributed by atoms with Crippen molar-refractivity contribution in [2.75, 3.05) is 32.8 Å². The van der Waals surface area contributed by atoms with Crippen LogP contribution in [0.5, 0.6) is 0 Å². The highest BCUT2D eigenvalue weighted by molar-refractivity contribution is 5.80. The minimum absolute atomic E-state index is 0.423. The van der Waals surface area contributed by atoms with Crippen LogP contribution in [0.4, 0.5) is 0 Å². The zero-order valence-electron chi connectivity index (χ0n) is 19.2. The van der Waals surface area contributed by atoms with Gasteiger partial charge in [-0.2, -0.15) is 0 Å². The topological polar surface area (TPSA) is 79.6 Å². The fourth-order valence-electron chi connectivity index (χ4n) is 3.69. The Morgan fingerprint density at radius 2 is 1.97 bits per heavy atom. The van der Waals surface area contributed by atoms with E-state index in [-0.39, 0.29) is 0 Å². The minimum Gasteiger partial charge on any atom is -0.382 e. The van der Waals surface area contributed by atoms with Crippen LogP contribution < -0.4 is 10.6 Å². The van der Waals surface area contributed by atoms with E-state index in [1.54, 1.807) is 0 Å². The first kappa shape index (κ1) is 23.2. The lowest BCUT2D eigenvalue weighted by Crippen LogP contribution is -2.48. The molecule has 1 aliphatic heterocycles. The minimum atomic E-state index is 0.423. The molecular formula is C23H37N7O. The van der Waals surface area contributed by atoms with E-state index in [2.05, 4.69) is 56.1 Å². The molecular weight excluding hydrogens is 390 g/mol. The molecule has 2 aromatic rings. The van der Waals surface area contributed by atoms with Crippen LogP contribution in [0.3, 0.4) is 0 Å². The van der Waals surface area contributed by atoms with E-state index in [1.807, 2.05) is 25.5 Å². The normalized spacial score (nSPS) is 15.9. The second-order valence-corrected chi connectivity index (χ2v) is 8.04. The maximum absolute atomic E-state index is 5.45. The Kier molecular flexibility index (Phi) is 9.30. The lowest BCUT2D eigenvalue weighted by Gasteiger charge is -2.33. The van der Waals surface area contributed by atoms with E-state index in [9.17, 15) is 0 Å². The maximum atomic E-state index is 5.45. The summed E-state index contributed by atoms with van der Waals surface area (Å²) in [6.45, 7) is 10.0. The number of guanidine groups is 1. The molecule has 2 N–H and O–H groups in total. The van der Waals surface area contributed by atoms with Gasteiger partial charge in [-0.15, -0.1) is 10.2 Å². The van der Waals surface area contributed by atoms with Crippen LogP contribution in [-0.2, 0) is 24.9 Å². The highest BCUT2D eigenvalue weighted by Gasteiger charge is 2.20. The van der Waals surface area contributed by atoms with Gasteiger partial charge in [0.05, 0.1) is 0 Å². The number of likely N-dealkylation sites (tertiary alicyclic amines) is 1. The number of rotatable bonds is 10. The molecule has 0 amide bonds. The Morgan fingerprint density at radius 1 is 1.19 bits per heavy atom. The first-order valence-electron chi connectivity index (χ1n) is 11.4. The number of hydrogen-bond acceptors (Lipinski definition) is 5. The summed E-state index contributed by atoms with van der Waals surface area (Å²) in [6.07, 6.45) is 3.16. The molecule has 1 aromatic carbocycles. The van der Waals surface area contributed by atoms with Crippen molar-refractivity contribution in [3.63, 3.8) is 0 Å². The van der Waals surface area contributed by atoms with Crippen LogP contribution in [0.15, 0.2) is 35.3 Å². The Labute approximate surface area is 186 Å². The van der Waals surface area contributed by atoms with Crippen LogP contribution in [0, 0.1) is 6.92 Å². The van der Waals surface area contributed by atoms with Crippen molar-refractivity contribution in [1.82, 2.24) is 30.3 Å². The Balaban J connectivity index is 1.51. The molecule has 8 nitrogen and oxygen atoms in total. The average Bonchev–Trinajstić information content (AvgIpc) is 3.11. The van der Waals surface area contributed by atoms with Gasteiger partial charge in [0.15, 0.2) is 11.8 Å². The fraction of sp³-hybridized carbons (Fsp3) is 0.609. The summed E-state index contributed by atoms with van der Waals surface area (Å²) in [5.74, 6) is 2.61. The second-order valence-electron chi connectivity index (χ2n) is 8.04. The van der Waals surface area contributed by atoms with Gasteiger partial charge in [0.1, 0.15) is 12.4 Å². The van der Waals surface area contributed by atoms with Gasteiger partial charge >= 0.3 is 0 Å². The molecule has 8 heteroatoms. The van der Waals surface area contributed by atoms with Crippen LogP contribution in [0.25, 0.3) is 0 Å². The predicted molar refractivity (Wildman–Crippen MR) is 124 cm³/mol. The van der Waals surface area contributed by atoms with Crippen molar-refractivity contribution < 1.29 is 4.74 Å². The predicted octanol–water partition coefficient (Wildman–Crippen LogP) is 2.25. The zero-order chi connectivity index (χ0) is 21.9. The van der Waals surface area contributed by atoms with Gasteiger partial charge in [-0.3, -0.25) is 4.90 Å². The Hall–Kier alpha value is -2.45. The molecule has 0 bridgehead atoms. The van der Waals surface area contributed by atoms with E-state index < -0.39 is 0 Å². The second kappa shape index (κ2) is 12.4. The first-order chi connectivity index (χ1) is 15.2. The smallest absolute Gasteiger partial charge is 0.191 e. The molecule has 0 radical (unpaired) electrons. The molecule has 170 valence electrons. The lowest BCUT2D eigenvalue weighted by atomic mass is 10.0. The van der Waals surface area contributed by atoms with Gasteiger partial charge in [-0.05, 0) is 38.7 Å². The number of aromatic nitrogens is 3. The molecule has 1 aromatic heterocycles. The van der Waals surface area contributed by atoms with Gasteiger partial charge in [0, 0.05) is 52.5 Å². The lowest BCUT2D eigenvalue weighted by molar-refractivity contribution is 0.145. The number of benzene rings is 1. The van der Waals surface area contributed by atoms with Crippen LogP contribution in [-0.4, -0.2) is 64.5 Å². The van der Waals surface area contributed by atoms with E-state index >= 15 is 0 Å². The summed E-state index contributed by atoms with van der Waals surface area (Å²) in [6, 6.07) is 11.1. The van der Waals surface area contributed by atoms with Crippen LogP contribution >= 0.6 is 0 Å². The van der Waals surface area contributed by atoms with Gasteiger partial charge in [0.25, 0.3) is 0 Å². The van der Waals surface area contributed by atoms with E-state index in [0.717, 1.165) is 76.3 Å². The van der Waals surface area contributed by atoms with E-state index in [1.165, 1.54) is 5.56 Å². The number of aryl methyl sites for hydroxylation is 1. The van der Waals surface area contributed by atoms with Crippen molar-refractivity contribution in [2.45, 2.75) is 52.2 Å². The molecule has 0 saturated carbocycles. The molecule has 0 atom stereocenters. The molecule has 0 spiro atoms. The number of nitrogens with one attached hydrogen (secondary N) is 2. The molecule has 3 rings (SSSR count). The van der Waals surface area contributed by atoms with Crippen molar-refractivity contribution >= 4 is 5.96 Å². The van der Waals surface area contributed by atoms with E-state index in [4.69, 9.17) is 9.73 Å². The number of aliphatic imine (C=N–C) groups is 1. The van der Waals surface area contributed by atoms with Gasteiger partial charge in [-0.1, -0.05) is 30.3 Å². The number of nitrogens with zero attached hydrogens (tertiary/aromatic N) is 5. The Morgan fingerprint density at radius 3 is 2.65 bits per heavy atom. The average molecular weight is 428 g/mol. The summed E-state index contributed by atoms with van der Waals surface area (Å²) in [5.41, 5.74) is 1.38. The highest BCUT2D eigenvalue weighted by atomic mass is 16.5. The quantitative estimate of drug-likeness (QED) is 0.344. The molecule has 1 saturated heterocycles. The SMILES string of the molecule is CCOCCCNC(=NCc1nnc(C)n1C)NC1CCN(Cc2ccccc2)CC1. The highest BCUT2D eigenvalue weighted by Crippen LogP contribution is 2.14. The van der Waals surface area contributed by atoms with Crippen molar-refractivity contribution in [3.8, 4) is 0 Å². The van der Waals surface area contributed by atoms with Gasteiger partial charge < -0.3 is 19.9 Å². The summed E-state index contributed by atoms with van der Waals surface area (Å²) in [4.78, 5) is 7.31. The zero-order valence-corrected chi connectivity index (χ0v) is 19.2. The van der Waals surface area contributed by atoms with Crippen molar-refractivity contribution in [2.24, 2.45) is 12.0 Å². The first-order valence-corrected chi connectivity index (χ1v) is 11.4. The monoisotopic (exact) mass is 427 g/mol. The van der Waals surface area contributed by atoms with Gasteiger partial charge in [-0.25, -0.2) is 4.99 Å². The summed E-state index contributed by atoms with van der Waals surface area (Å²) in [5, 5.41) is 15.5. The fourth-order valence-corrected chi connectivity index (χ4v) is 3.69. The standard InChI is InChI=1S/C23H37N7O/c1-4-31-16-8-13-24-23(25-17-22-28-27-19(2)29(22)3)26-21-11-14-30(15-12-21)18-20-9-6-5-7-10-20/h5-7,9-10,21H,4,8,11-18H2,1-3H3,(H2,24,25,26). The van der Waals surface area contributed by atoms with Gasteiger partial charge in [0.2, 0.25) is 0 Å². The summed E-state index contributed by atoms with van der Waals surface area (Å²) < 4.78 is 7.43. The third kappa shape index (κ3) is 7.63. The number of ether oxygens (including phenoxy) is 1. The molecule has 1 aliphatic rings. The maximum Gasteiger partial charge on any atom is 0.191 e. The third-order valence-electron chi connectivity index (χ3n) is 5.70. The molecule has 31 heavy (non-hydrogen) atoms. The molecule has 2 heterocycles. The molecule has 0 unspecified atom stereocenters. The molecule has 1 fully saturated rings. The van der Waals surface area contributed by atoms with E-state index in [0.29, 0.717) is 12.6 Å². The summed E-state index contributed by atoms with van der Waals surface area (Å²) >= 11 is 0. The van der Waals surface area contributed by atoms with Crippen molar-refractivity contribution in [3.05, 3.63) is 47.5 Å². The Bertz CT molecular complexity index is 798. The molecule has 0 aliphatic carbocycles. The summed E-state index contributed by atoms with van der Waals surface area (Å²) in [7, 11) is 1.98. The van der Waals surface area contributed by atoms with Crippen LogP contribution in [0.1, 0.15) is 43.4 Å². The number of hydrogen-bond donors (Lipinski definition) is 2. The third-order valence-corrected chi connectivity index (χ3v) is 5.70. The van der Waals surface area contributed by atoms with Crippen molar-refractivity contribution in [1.29, 1.82) is 0 Å².